The molecule has 252 valence electrons. The third-order valence-electron chi connectivity index (χ3n) is 8.68. The van der Waals surface area contributed by atoms with E-state index in [0.717, 1.165) is 6.42 Å². The molecular weight excluding hydrogens is 703 g/mol. The molecular formula is C45H52Cl2Zr-2. The number of fused-ring (bicyclic) bond motifs is 3. The van der Waals surface area contributed by atoms with E-state index >= 15 is 0 Å². The summed E-state index contributed by atoms with van der Waals surface area (Å²) in [5.41, 5.74) is 9.07. The second kappa shape index (κ2) is 19.1. The Balaban J connectivity index is 0.000000260. The van der Waals surface area contributed by atoms with E-state index in [1.165, 1.54) is 96.9 Å². The molecule has 0 radical (unpaired) electrons. The quantitative estimate of drug-likeness (QED) is 0.168. The second-order valence-corrected chi connectivity index (χ2v) is 15.7. The van der Waals surface area contributed by atoms with Crippen molar-refractivity contribution in [3.8, 4) is 0 Å². The summed E-state index contributed by atoms with van der Waals surface area (Å²) in [7, 11) is 0. The third kappa shape index (κ3) is 11.3. The molecule has 0 amide bonds. The summed E-state index contributed by atoms with van der Waals surface area (Å²) in [5.74, 6) is 0. The van der Waals surface area contributed by atoms with Gasteiger partial charge >= 0.3 is 99.2 Å². The molecule has 3 heteroatoms. The Labute approximate surface area is 318 Å². The molecule has 6 rings (SSSR count). The van der Waals surface area contributed by atoms with Crippen LogP contribution >= 0.6 is 0 Å². The fraction of sp³-hybridized carbons (Fsp3) is 0.333. The van der Waals surface area contributed by atoms with Gasteiger partial charge in [0.2, 0.25) is 0 Å². The zero-order valence-corrected chi connectivity index (χ0v) is 34.2. The first kappa shape index (κ1) is 41.7. The predicted molar refractivity (Wildman–Crippen MR) is 200 cm³/mol. The van der Waals surface area contributed by atoms with Gasteiger partial charge in [0.15, 0.2) is 0 Å². The zero-order valence-electron chi connectivity index (χ0n) is 30.2. The number of rotatable bonds is 6. The molecule has 0 heterocycles. The van der Waals surface area contributed by atoms with E-state index in [2.05, 4.69) is 171 Å². The van der Waals surface area contributed by atoms with Crippen molar-refractivity contribution in [1.82, 2.24) is 0 Å². The Morgan fingerprint density at radius 2 is 1.08 bits per heavy atom. The van der Waals surface area contributed by atoms with Gasteiger partial charge in [-0.25, -0.2) is 6.08 Å². The molecule has 48 heavy (non-hydrogen) atoms. The van der Waals surface area contributed by atoms with Gasteiger partial charge in [-0.2, -0.15) is 11.1 Å². The van der Waals surface area contributed by atoms with Crippen molar-refractivity contribution in [2.24, 2.45) is 0 Å². The van der Waals surface area contributed by atoms with Gasteiger partial charge in [-0.15, -0.1) is 46.2 Å². The topological polar surface area (TPSA) is 0 Å². The summed E-state index contributed by atoms with van der Waals surface area (Å²) >= 11 is 1.46. The van der Waals surface area contributed by atoms with Crippen molar-refractivity contribution in [2.45, 2.75) is 98.3 Å². The number of hydrogen-bond acceptors (Lipinski definition) is 0. The van der Waals surface area contributed by atoms with Crippen LogP contribution in [0, 0.1) is 6.08 Å². The molecule has 0 N–H and O–H groups in total. The maximum atomic E-state index is 3.29. The number of benzene rings is 4. The summed E-state index contributed by atoms with van der Waals surface area (Å²) in [6.45, 7) is 18.1. The van der Waals surface area contributed by atoms with Crippen molar-refractivity contribution in [3.63, 3.8) is 0 Å². The van der Waals surface area contributed by atoms with Crippen molar-refractivity contribution >= 4 is 24.8 Å². The van der Waals surface area contributed by atoms with Crippen molar-refractivity contribution in [1.29, 1.82) is 0 Å². The molecule has 0 aromatic heterocycles. The van der Waals surface area contributed by atoms with Gasteiger partial charge in [0, 0.05) is 0 Å². The third-order valence-corrected chi connectivity index (χ3v) is 10.1. The summed E-state index contributed by atoms with van der Waals surface area (Å²) in [6, 6.07) is 37.3. The van der Waals surface area contributed by atoms with Crippen LogP contribution in [0.5, 0.6) is 0 Å². The van der Waals surface area contributed by atoms with Crippen LogP contribution in [0.2, 0.25) is 0 Å². The maximum absolute atomic E-state index is 3.29. The number of hydrogen-bond donors (Lipinski definition) is 0. The average molecular weight is 755 g/mol. The van der Waals surface area contributed by atoms with Crippen molar-refractivity contribution in [2.75, 3.05) is 0 Å². The predicted octanol–water partition coefficient (Wildman–Crippen LogP) is 6.76. The molecule has 0 atom stereocenters. The SMILES string of the molecule is CC(C)(C)c1ccc2c(c1)[cH-]c1cc(C(C)(C)C)ccc12.CCCC1=C(CCC)C[C-]=C1.[Cl-].[Cl-].[Zr+2]=[C](c1ccccc1)c1ccccc1. The molecule has 0 aliphatic heterocycles. The number of halogens is 2. The Bertz CT molecular complexity index is 1680. The van der Waals surface area contributed by atoms with Crippen LogP contribution in [0.3, 0.4) is 0 Å². The van der Waals surface area contributed by atoms with Crippen LogP contribution < -0.4 is 24.8 Å². The Morgan fingerprint density at radius 1 is 0.646 bits per heavy atom. The van der Waals surface area contributed by atoms with Gasteiger partial charge in [0.25, 0.3) is 0 Å². The van der Waals surface area contributed by atoms with E-state index in [0.29, 0.717) is 0 Å². The van der Waals surface area contributed by atoms with Crippen LogP contribution in [0.25, 0.3) is 21.5 Å². The molecule has 0 unspecified atom stereocenters. The monoisotopic (exact) mass is 752 g/mol. The van der Waals surface area contributed by atoms with Crippen LogP contribution in [0.15, 0.2) is 120 Å². The second-order valence-electron chi connectivity index (χ2n) is 14.5. The molecule has 5 aromatic carbocycles. The minimum absolute atomic E-state index is 0. The average Bonchev–Trinajstić information content (AvgIpc) is 3.65. The van der Waals surface area contributed by atoms with E-state index in [1.807, 2.05) is 0 Å². The Kier molecular flexibility index (Phi) is 16.6. The standard InChI is InChI=1S/C21H25.C13H10.C11H17.2ClH.Zr/c1-20(2,3)16-7-9-18-14(12-16)11-15-13-17(21(4,5)6)8-10-19(15)18;1-3-7-12(8-4-1)11-13-9-5-2-6-10-13;1-3-6-10-8-5-9-11(10)7-4-2;;;/h7-13H,1-6H3;1-10H;8H,3-4,6-7,9H2,1-2H3;2*1H;/q-1;;-1;;;+2/p-2. The summed E-state index contributed by atoms with van der Waals surface area (Å²) in [4.78, 5) is 0. The van der Waals surface area contributed by atoms with Gasteiger partial charge in [-0.1, -0.05) is 110 Å². The van der Waals surface area contributed by atoms with E-state index < -0.39 is 0 Å². The first-order chi connectivity index (χ1) is 21.9. The summed E-state index contributed by atoms with van der Waals surface area (Å²) < 4.78 is 1.42. The normalized spacial score (nSPS) is 12.5. The molecule has 0 fully saturated rings. The molecule has 0 bridgehead atoms. The van der Waals surface area contributed by atoms with E-state index in [1.54, 1.807) is 11.1 Å². The van der Waals surface area contributed by atoms with E-state index in [4.69, 9.17) is 0 Å². The Morgan fingerprint density at radius 3 is 1.48 bits per heavy atom. The van der Waals surface area contributed by atoms with Crippen molar-refractivity contribution < 1.29 is 49.0 Å². The first-order valence-electron chi connectivity index (χ1n) is 17.0. The molecule has 0 saturated carbocycles. The minimum atomic E-state index is 0. The van der Waals surface area contributed by atoms with Crippen LogP contribution in [-0.4, -0.2) is 3.21 Å². The summed E-state index contributed by atoms with van der Waals surface area (Å²) in [5, 5.41) is 5.48. The fourth-order valence-electron chi connectivity index (χ4n) is 5.91. The van der Waals surface area contributed by atoms with E-state index in [-0.39, 0.29) is 35.6 Å². The molecule has 5 aromatic rings. The van der Waals surface area contributed by atoms with Crippen LogP contribution in [0.4, 0.5) is 0 Å². The molecule has 0 saturated heterocycles. The van der Waals surface area contributed by atoms with Gasteiger partial charge in [0.05, 0.1) is 0 Å². The molecule has 1 aliphatic carbocycles. The van der Waals surface area contributed by atoms with Gasteiger partial charge < -0.3 is 24.8 Å². The fourth-order valence-corrected chi connectivity index (χ4v) is 6.73. The Hall–Kier alpha value is -2.44. The van der Waals surface area contributed by atoms with E-state index in [9.17, 15) is 0 Å². The van der Waals surface area contributed by atoms with Crippen LogP contribution in [0.1, 0.15) is 110 Å². The van der Waals surface area contributed by atoms with Gasteiger partial charge in [-0.05, 0) is 17.3 Å². The zero-order chi connectivity index (χ0) is 33.3. The van der Waals surface area contributed by atoms with Gasteiger partial charge in [0.1, 0.15) is 0 Å². The molecule has 1 aliphatic rings. The van der Waals surface area contributed by atoms with Crippen LogP contribution in [-0.2, 0) is 35.1 Å². The van der Waals surface area contributed by atoms with Gasteiger partial charge in [-0.3, -0.25) is 6.08 Å². The molecule has 0 nitrogen and oxygen atoms in total. The molecule has 0 spiro atoms. The first-order valence-corrected chi connectivity index (χ1v) is 18.3. The summed E-state index contributed by atoms with van der Waals surface area (Å²) in [6.07, 6.45) is 11.7. The number of allylic oxidation sites excluding steroid dienone is 4. The van der Waals surface area contributed by atoms with Crippen molar-refractivity contribution in [3.05, 3.63) is 149 Å².